The van der Waals surface area contributed by atoms with Gasteiger partial charge in [-0.15, -0.1) is 11.3 Å². The number of nitrogens with one attached hydrogen (secondary N) is 1. The molecule has 0 spiro atoms. The second-order valence-electron chi connectivity index (χ2n) is 5.20. The number of carbonyl (C=O) groups is 1. The molecule has 2 heterocycles. The summed E-state index contributed by atoms with van der Waals surface area (Å²) in [6.07, 6.45) is 1.52. The van der Waals surface area contributed by atoms with Crippen LogP contribution in [0, 0.1) is 6.92 Å². The molecule has 23 heavy (non-hydrogen) atoms. The molecule has 0 saturated carbocycles. The Labute approximate surface area is 137 Å². The third kappa shape index (κ3) is 3.37. The normalized spacial score (nSPS) is 10.5. The lowest BCUT2D eigenvalue weighted by Gasteiger charge is -2.07. The Balaban J connectivity index is 1.84. The number of nitrogens with zero attached hydrogens (tertiary/aromatic N) is 2. The van der Waals surface area contributed by atoms with Gasteiger partial charge in [0, 0.05) is 41.6 Å². The van der Waals surface area contributed by atoms with E-state index in [1.54, 1.807) is 18.4 Å². The minimum atomic E-state index is -0.256. The Hall–Kier alpha value is -2.73. The molecule has 1 amide bonds. The van der Waals surface area contributed by atoms with Gasteiger partial charge in [0.05, 0.1) is 5.56 Å². The van der Waals surface area contributed by atoms with Crippen molar-refractivity contribution in [3.63, 3.8) is 0 Å². The molecule has 1 aromatic carbocycles. The van der Waals surface area contributed by atoms with Gasteiger partial charge in [-0.1, -0.05) is 12.1 Å². The summed E-state index contributed by atoms with van der Waals surface area (Å²) in [5.41, 5.74) is 2.91. The van der Waals surface area contributed by atoms with Crippen molar-refractivity contribution in [2.45, 2.75) is 6.92 Å². The van der Waals surface area contributed by atoms with Crippen LogP contribution >= 0.6 is 11.3 Å². The zero-order valence-electron chi connectivity index (χ0n) is 12.7. The molecule has 0 aliphatic carbocycles. The van der Waals surface area contributed by atoms with E-state index in [1.165, 1.54) is 22.9 Å². The van der Waals surface area contributed by atoms with Crippen molar-refractivity contribution in [2.75, 3.05) is 5.32 Å². The molecule has 0 atom stereocenters. The molecule has 3 rings (SSSR count). The van der Waals surface area contributed by atoms with Crippen LogP contribution in [0.15, 0.2) is 52.8 Å². The van der Waals surface area contributed by atoms with Gasteiger partial charge in [0.15, 0.2) is 0 Å². The Morgan fingerprint density at radius 2 is 2.09 bits per heavy atom. The lowest BCUT2D eigenvalue weighted by Crippen LogP contribution is -2.19. The number of thiazole rings is 1. The topological polar surface area (TPSA) is 64.0 Å². The summed E-state index contributed by atoms with van der Waals surface area (Å²) in [7, 11) is 1.62. The molecule has 6 heteroatoms. The third-order valence-corrected chi connectivity index (χ3v) is 4.34. The molecular formula is C17H15N3O2S. The SMILES string of the molecule is Cc1csc(-c2cccc(NC(=O)c3ccc(=O)n(C)c3)c2)n1. The molecule has 3 aromatic rings. The van der Waals surface area contributed by atoms with Crippen molar-refractivity contribution in [1.29, 1.82) is 0 Å². The highest BCUT2D eigenvalue weighted by Gasteiger charge is 2.09. The van der Waals surface area contributed by atoms with Crippen molar-refractivity contribution in [3.05, 3.63) is 69.6 Å². The lowest BCUT2D eigenvalue weighted by atomic mass is 10.2. The van der Waals surface area contributed by atoms with Gasteiger partial charge in [-0.2, -0.15) is 0 Å². The second-order valence-corrected chi connectivity index (χ2v) is 6.05. The predicted octanol–water partition coefficient (Wildman–Crippen LogP) is 3.07. The van der Waals surface area contributed by atoms with Gasteiger partial charge in [0.1, 0.15) is 5.01 Å². The van der Waals surface area contributed by atoms with Crippen LogP contribution in [-0.2, 0) is 7.05 Å². The van der Waals surface area contributed by atoms with Crippen molar-refractivity contribution in [2.24, 2.45) is 7.05 Å². The van der Waals surface area contributed by atoms with Gasteiger partial charge >= 0.3 is 0 Å². The molecule has 0 aliphatic heterocycles. The Morgan fingerprint density at radius 3 is 2.78 bits per heavy atom. The van der Waals surface area contributed by atoms with Crippen LogP contribution in [-0.4, -0.2) is 15.5 Å². The van der Waals surface area contributed by atoms with Crippen LogP contribution in [0.3, 0.4) is 0 Å². The van der Waals surface area contributed by atoms with Gasteiger partial charge < -0.3 is 9.88 Å². The highest BCUT2D eigenvalue weighted by atomic mass is 32.1. The van der Waals surface area contributed by atoms with Gasteiger partial charge in [-0.05, 0) is 25.1 Å². The summed E-state index contributed by atoms with van der Waals surface area (Å²) in [5, 5.41) is 5.75. The average molecular weight is 325 g/mol. The van der Waals surface area contributed by atoms with E-state index in [1.807, 2.05) is 36.6 Å². The highest BCUT2D eigenvalue weighted by molar-refractivity contribution is 7.13. The Morgan fingerprint density at radius 1 is 1.26 bits per heavy atom. The average Bonchev–Trinajstić information content (AvgIpc) is 2.97. The fourth-order valence-corrected chi connectivity index (χ4v) is 2.94. The van der Waals surface area contributed by atoms with E-state index in [0.29, 0.717) is 11.3 Å². The molecule has 0 saturated heterocycles. The Bertz CT molecular complexity index is 927. The molecule has 0 fully saturated rings. The largest absolute Gasteiger partial charge is 0.322 e. The first-order valence-corrected chi connectivity index (χ1v) is 7.91. The van der Waals surface area contributed by atoms with Gasteiger partial charge in [-0.3, -0.25) is 9.59 Å². The lowest BCUT2D eigenvalue weighted by molar-refractivity contribution is 0.102. The number of rotatable bonds is 3. The smallest absolute Gasteiger partial charge is 0.257 e. The monoisotopic (exact) mass is 325 g/mol. The van der Waals surface area contributed by atoms with Crippen LogP contribution in [0.4, 0.5) is 5.69 Å². The summed E-state index contributed by atoms with van der Waals surface area (Å²) in [5.74, 6) is -0.256. The van der Waals surface area contributed by atoms with Gasteiger partial charge in [0.25, 0.3) is 5.91 Å². The number of amides is 1. The number of aromatic nitrogens is 2. The van der Waals surface area contributed by atoms with Crippen LogP contribution in [0.1, 0.15) is 16.1 Å². The molecule has 0 unspecified atom stereocenters. The van der Waals surface area contributed by atoms with Crippen LogP contribution in [0.2, 0.25) is 0 Å². The summed E-state index contributed by atoms with van der Waals surface area (Å²) in [4.78, 5) is 28.1. The molecule has 0 radical (unpaired) electrons. The standard InChI is InChI=1S/C17H15N3O2S/c1-11-10-23-17(18-11)12-4-3-5-14(8-12)19-16(22)13-6-7-15(21)20(2)9-13/h3-10H,1-2H3,(H,19,22). The van der Waals surface area contributed by atoms with E-state index in [9.17, 15) is 9.59 Å². The quantitative estimate of drug-likeness (QED) is 0.805. The maximum absolute atomic E-state index is 12.3. The van der Waals surface area contributed by atoms with E-state index in [4.69, 9.17) is 0 Å². The molecular weight excluding hydrogens is 310 g/mol. The van der Waals surface area contributed by atoms with Crippen LogP contribution in [0.25, 0.3) is 10.6 Å². The maximum Gasteiger partial charge on any atom is 0.257 e. The summed E-state index contributed by atoms with van der Waals surface area (Å²) in [6.45, 7) is 1.95. The number of pyridine rings is 1. The fourth-order valence-electron chi connectivity index (χ4n) is 2.15. The zero-order chi connectivity index (χ0) is 16.4. The Kier molecular flexibility index (Phi) is 4.08. The molecule has 0 bridgehead atoms. The predicted molar refractivity (Wildman–Crippen MR) is 91.9 cm³/mol. The summed E-state index contributed by atoms with van der Waals surface area (Å²) in [6, 6.07) is 10.4. The molecule has 116 valence electrons. The first kappa shape index (κ1) is 15.2. The minimum absolute atomic E-state index is 0.150. The van der Waals surface area contributed by atoms with Crippen LogP contribution < -0.4 is 10.9 Å². The van der Waals surface area contributed by atoms with Crippen molar-refractivity contribution in [1.82, 2.24) is 9.55 Å². The number of hydrogen-bond donors (Lipinski definition) is 1. The number of hydrogen-bond acceptors (Lipinski definition) is 4. The first-order chi connectivity index (χ1) is 11.0. The molecule has 0 aliphatic rings. The number of benzene rings is 1. The van der Waals surface area contributed by atoms with Crippen molar-refractivity contribution >= 4 is 22.9 Å². The number of aryl methyl sites for hydroxylation is 2. The zero-order valence-corrected chi connectivity index (χ0v) is 13.6. The fraction of sp³-hybridized carbons (Fsp3) is 0.118. The van der Waals surface area contributed by atoms with Crippen molar-refractivity contribution in [3.8, 4) is 10.6 Å². The number of carbonyl (C=O) groups excluding carboxylic acids is 1. The second kappa shape index (κ2) is 6.18. The number of anilines is 1. The van der Waals surface area contributed by atoms with E-state index in [2.05, 4.69) is 10.3 Å². The third-order valence-electron chi connectivity index (χ3n) is 3.33. The van der Waals surface area contributed by atoms with Gasteiger partial charge in [0.2, 0.25) is 5.56 Å². The first-order valence-electron chi connectivity index (χ1n) is 7.03. The summed E-state index contributed by atoms with van der Waals surface area (Å²) < 4.78 is 1.38. The van der Waals surface area contributed by atoms with Gasteiger partial charge in [-0.25, -0.2) is 4.98 Å². The minimum Gasteiger partial charge on any atom is -0.322 e. The van der Waals surface area contributed by atoms with E-state index in [0.717, 1.165) is 16.3 Å². The van der Waals surface area contributed by atoms with Crippen molar-refractivity contribution < 1.29 is 4.79 Å². The van der Waals surface area contributed by atoms with E-state index < -0.39 is 0 Å². The molecule has 1 N–H and O–H groups in total. The molecule has 5 nitrogen and oxygen atoms in total. The van der Waals surface area contributed by atoms with Crippen LogP contribution in [0.5, 0.6) is 0 Å². The maximum atomic E-state index is 12.3. The highest BCUT2D eigenvalue weighted by Crippen LogP contribution is 2.26. The summed E-state index contributed by atoms with van der Waals surface area (Å²) >= 11 is 1.57. The molecule has 2 aromatic heterocycles. The van der Waals surface area contributed by atoms with E-state index >= 15 is 0 Å². The van der Waals surface area contributed by atoms with E-state index in [-0.39, 0.29) is 11.5 Å².